The minimum absolute atomic E-state index is 0.142. The molecule has 0 saturated carbocycles. The highest BCUT2D eigenvalue weighted by Crippen LogP contribution is 2.17. The molecule has 1 aromatic carbocycles. The van der Waals surface area contributed by atoms with Crippen LogP contribution in [0.25, 0.3) is 0 Å². The van der Waals surface area contributed by atoms with Crippen molar-refractivity contribution in [2.75, 3.05) is 13.1 Å². The number of furan rings is 1. The Bertz CT molecular complexity index is 752. The Kier molecular flexibility index (Phi) is 4.97. The number of rotatable bonds is 4. The summed E-state index contributed by atoms with van der Waals surface area (Å²) in [6, 6.07) is 13.6. The standard InChI is InChI=1S/C19H21N3O2/c1-14-6-7-18(24-14)19(23)21-17-8-10-22(11-9-17)13-16-5-3-2-4-15(16)12-20/h2-7,17H,8-11,13H2,1H3,(H,21,23). The number of hydrogen-bond acceptors (Lipinski definition) is 4. The van der Waals surface area contributed by atoms with Gasteiger partial charge in [0.25, 0.3) is 5.91 Å². The lowest BCUT2D eigenvalue weighted by atomic mass is 10.0. The van der Waals surface area contributed by atoms with Crippen molar-refractivity contribution in [1.82, 2.24) is 10.2 Å². The van der Waals surface area contributed by atoms with Crippen molar-refractivity contribution in [2.45, 2.75) is 32.4 Å². The third-order valence-corrected chi connectivity index (χ3v) is 4.42. The van der Waals surface area contributed by atoms with Gasteiger partial charge in [-0.3, -0.25) is 9.69 Å². The fourth-order valence-corrected chi connectivity index (χ4v) is 3.06. The molecule has 1 aromatic heterocycles. The van der Waals surface area contributed by atoms with Gasteiger partial charge in [0, 0.05) is 25.7 Å². The number of hydrogen-bond donors (Lipinski definition) is 1. The summed E-state index contributed by atoms with van der Waals surface area (Å²) in [5.41, 5.74) is 1.80. The zero-order valence-electron chi connectivity index (χ0n) is 13.8. The molecule has 124 valence electrons. The van der Waals surface area contributed by atoms with E-state index in [1.807, 2.05) is 31.2 Å². The van der Waals surface area contributed by atoms with Crippen LogP contribution in [0, 0.1) is 18.3 Å². The van der Waals surface area contributed by atoms with E-state index in [2.05, 4.69) is 16.3 Å². The molecule has 0 atom stereocenters. The predicted molar refractivity (Wildman–Crippen MR) is 90.4 cm³/mol. The molecule has 2 heterocycles. The monoisotopic (exact) mass is 323 g/mol. The molecule has 0 spiro atoms. The Morgan fingerprint density at radius 1 is 1.29 bits per heavy atom. The van der Waals surface area contributed by atoms with Crippen LogP contribution >= 0.6 is 0 Å². The van der Waals surface area contributed by atoms with E-state index >= 15 is 0 Å². The first kappa shape index (κ1) is 16.3. The van der Waals surface area contributed by atoms with Crippen LogP contribution in [-0.4, -0.2) is 29.9 Å². The molecule has 2 aromatic rings. The van der Waals surface area contributed by atoms with Gasteiger partial charge >= 0.3 is 0 Å². The Balaban J connectivity index is 1.51. The molecule has 0 bridgehead atoms. The molecule has 3 rings (SSSR count). The highest BCUT2D eigenvalue weighted by Gasteiger charge is 2.22. The third-order valence-electron chi connectivity index (χ3n) is 4.42. The first-order valence-electron chi connectivity index (χ1n) is 8.23. The molecule has 1 N–H and O–H groups in total. The third kappa shape index (κ3) is 3.84. The van der Waals surface area contributed by atoms with Gasteiger partial charge in [-0.05, 0) is 43.5 Å². The number of nitrogens with one attached hydrogen (secondary N) is 1. The summed E-state index contributed by atoms with van der Waals surface area (Å²) >= 11 is 0. The van der Waals surface area contributed by atoms with Crippen molar-refractivity contribution in [1.29, 1.82) is 5.26 Å². The lowest BCUT2D eigenvalue weighted by molar-refractivity contribution is 0.0879. The fraction of sp³-hybridized carbons (Fsp3) is 0.368. The Morgan fingerprint density at radius 3 is 2.71 bits per heavy atom. The van der Waals surface area contributed by atoms with Gasteiger partial charge in [-0.15, -0.1) is 0 Å². The van der Waals surface area contributed by atoms with Crippen LogP contribution in [0.2, 0.25) is 0 Å². The van der Waals surface area contributed by atoms with Crippen LogP contribution in [-0.2, 0) is 6.54 Å². The average molecular weight is 323 g/mol. The number of nitrogens with zero attached hydrogens (tertiary/aromatic N) is 2. The number of benzene rings is 1. The SMILES string of the molecule is Cc1ccc(C(=O)NC2CCN(Cc3ccccc3C#N)CC2)o1. The molecule has 1 amide bonds. The molecule has 1 saturated heterocycles. The molecule has 5 nitrogen and oxygen atoms in total. The molecule has 24 heavy (non-hydrogen) atoms. The summed E-state index contributed by atoms with van der Waals surface area (Å²) in [6.45, 7) is 4.42. The van der Waals surface area contributed by atoms with E-state index in [0.717, 1.165) is 49.4 Å². The second kappa shape index (κ2) is 7.33. The van der Waals surface area contributed by atoms with E-state index in [1.54, 1.807) is 12.1 Å². The maximum Gasteiger partial charge on any atom is 0.287 e. The number of nitriles is 1. The maximum atomic E-state index is 12.1. The lowest BCUT2D eigenvalue weighted by Gasteiger charge is -2.32. The normalized spacial score (nSPS) is 15.8. The van der Waals surface area contributed by atoms with E-state index in [4.69, 9.17) is 4.42 Å². The van der Waals surface area contributed by atoms with Crippen molar-refractivity contribution < 1.29 is 9.21 Å². The summed E-state index contributed by atoms with van der Waals surface area (Å²) in [4.78, 5) is 14.5. The van der Waals surface area contributed by atoms with Gasteiger partial charge in [-0.1, -0.05) is 18.2 Å². The van der Waals surface area contributed by atoms with Crippen LogP contribution in [0.4, 0.5) is 0 Å². The highest BCUT2D eigenvalue weighted by molar-refractivity contribution is 5.91. The van der Waals surface area contributed by atoms with Crippen LogP contribution in [0.3, 0.4) is 0 Å². The zero-order valence-corrected chi connectivity index (χ0v) is 13.8. The van der Waals surface area contributed by atoms with Crippen molar-refractivity contribution in [3.63, 3.8) is 0 Å². The summed E-state index contributed by atoms with van der Waals surface area (Å²) in [5.74, 6) is 0.973. The number of likely N-dealkylation sites (tertiary alicyclic amines) is 1. The zero-order chi connectivity index (χ0) is 16.9. The van der Waals surface area contributed by atoms with Gasteiger partial charge in [0.15, 0.2) is 5.76 Å². The van der Waals surface area contributed by atoms with Crippen molar-refractivity contribution in [3.8, 4) is 6.07 Å². The fourth-order valence-electron chi connectivity index (χ4n) is 3.06. The van der Waals surface area contributed by atoms with Gasteiger partial charge in [0.2, 0.25) is 0 Å². The van der Waals surface area contributed by atoms with Gasteiger partial charge in [-0.25, -0.2) is 0 Å². The van der Waals surface area contributed by atoms with E-state index in [0.29, 0.717) is 5.76 Å². The number of carbonyl (C=O) groups is 1. The second-order valence-electron chi connectivity index (χ2n) is 6.20. The van der Waals surface area contributed by atoms with Crippen LogP contribution in [0.5, 0.6) is 0 Å². The summed E-state index contributed by atoms with van der Waals surface area (Å²) in [7, 11) is 0. The van der Waals surface area contributed by atoms with Gasteiger partial charge in [-0.2, -0.15) is 5.26 Å². The van der Waals surface area contributed by atoms with E-state index < -0.39 is 0 Å². The van der Waals surface area contributed by atoms with E-state index in [9.17, 15) is 10.1 Å². The smallest absolute Gasteiger partial charge is 0.287 e. The largest absolute Gasteiger partial charge is 0.456 e. The van der Waals surface area contributed by atoms with Gasteiger partial charge < -0.3 is 9.73 Å². The molecule has 5 heteroatoms. The Hall–Kier alpha value is -2.58. The molecular formula is C19H21N3O2. The highest BCUT2D eigenvalue weighted by atomic mass is 16.3. The van der Waals surface area contributed by atoms with Gasteiger partial charge in [0.1, 0.15) is 5.76 Å². The quantitative estimate of drug-likeness (QED) is 0.939. The molecule has 1 aliphatic rings. The topological polar surface area (TPSA) is 69.3 Å². The van der Waals surface area contributed by atoms with Crippen molar-refractivity contribution in [3.05, 3.63) is 59.0 Å². The van der Waals surface area contributed by atoms with Crippen LogP contribution in [0.15, 0.2) is 40.8 Å². The molecular weight excluding hydrogens is 302 g/mol. The first-order valence-corrected chi connectivity index (χ1v) is 8.23. The lowest BCUT2D eigenvalue weighted by Crippen LogP contribution is -2.44. The second-order valence-corrected chi connectivity index (χ2v) is 6.20. The van der Waals surface area contributed by atoms with Crippen LogP contribution in [0.1, 0.15) is 40.3 Å². The summed E-state index contributed by atoms with van der Waals surface area (Å²) in [6.07, 6.45) is 1.81. The molecule has 0 aliphatic carbocycles. The minimum atomic E-state index is -0.142. The van der Waals surface area contributed by atoms with Crippen molar-refractivity contribution in [2.24, 2.45) is 0 Å². The Morgan fingerprint density at radius 2 is 2.04 bits per heavy atom. The number of amides is 1. The Labute approximate surface area is 141 Å². The maximum absolute atomic E-state index is 12.1. The molecule has 0 unspecified atom stereocenters. The number of piperidine rings is 1. The number of aryl methyl sites for hydroxylation is 1. The van der Waals surface area contributed by atoms with Gasteiger partial charge in [0.05, 0.1) is 11.6 Å². The van der Waals surface area contributed by atoms with Crippen LogP contribution < -0.4 is 5.32 Å². The van der Waals surface area contributed by atoms with E-state index in [1.165, 1.54) is 0 Å². The number of carbonyl (C=O) groups excluding carboxylic acids is 1. The average Bonchev–Trinajstić information content (AvgIpc) is 3.04. The van der Waals surface area contributed by atoms with Crippen molar-refractivity contribution >= 4 is 5.91 Å². The molecule has 1 fully saturated rings. The predicted octanol–water partition coefficient (Wildman–Crippen LogP) is 2.85. The summed E-state index contributed by atoms with van der Waals surface area (Å²) in [5, 5.41) is 12.2. The first-order chi connectivity index (χ1) is 11.7. The minimum Gasteiger partial charge on any atom is -0.456 e. The summed E-state index contributed by atoms with van der Waals surface area (Å²) < 4.78 is 5.36. The van der Waals surface area contributed by atoms with E-state index in [-0.39, 0.29) is 11.9 Å². The molecule has 1 aliphatic heterocycles. The molecule has 0 radical (unpaired) electrons.